The maximum atomic E-state index is 14.0. The fraction of sp³-hybridized carbons (Fsp3) is 0.300. The first-order valence-electron chi connectivity index (χ1n) is 13.2. The summed E-state index contributed by atoms with van der Waals surface area (Å²) in [4.78, 5) is 40.7. The fourth-order valence-corrected chi connectivity index (χ4v) is 4.69. The predicted molar refractivity (Wildman–Crippen MR) is 149 cm³/mol. The molecule has 2 heterocycles. The van der Waals surface area contributed by atoms with Crippen LogP contribution in [0, 0.1) is 18.6 Å². The van der Waals surface area contributed by atoms with Gasteiger partial charge in [0, 0.05) is 12.6 Å². The van der Waals surface area contributed by atoms with Gasteiger partial charge in [0.2, 0.25) is 0 Å². The molecular weight excluding hydrogens is 548 g/mol. The van der Waals surface area contributed by atoms with Crippen molar-refractivity contribution in [1.29, 1.82) is 0 Å². The maximum absolute atomic E-state index is 14.0. The Morgan fingerprint density at radius 1 is 1.17 bits per heavy atom. The SMILES string of the molecule is Cc1c(C(=O)OC(C)(C)C)ccc2c1CC[C@@H]2NC(=O)c1cc(C(=O)O)nc2c(F)cnn12.NCc1cccc(F)c1. The molecule has 1 atom stereocenters. The zero-order valence-electron chi connectivity index (χ0n) is 23.6. The van der Waals surface area contributed by atoms with E-state index >= 15 is 0 Å². The number of ether oxygens (including phenoxy) is 1. The molecule has 220 valence electrons. The lowest BCUT2D eigenvalue weighted by Gasteiger charge is -2.21. The van der Waals surface area contributed by atoms with Crippen molar-refractivity contribution in [3.63, 3.8) is 0 Å². The number of amides is 1. The Morgan fingerprint density at radius 2 is 1.90 bits per heavy atom. The number of aromatic carboxylic acids is 1. The van der Waals surface area contributed by atoms with Gasteiger partial charge < -0.3 is 20.9 Å². The second-order valence-corrected chi connectivity index (χ2v) is 10.8. The molecule has 10 nitrogen and oxygen atoms in total. The second-order valence-electron chi connectivity index (χ2n) is 10.8. The van der Waals surface area contributed by atoms with Crippen LogP contribution in [0.5, 0.6) is 0 Å². The van der Waals surface area contributed by atoms with Crippen molar-refractivity contribution in [2.45, 2.75) is 58.7 Å². The van der Waals surface area contributed by atoms with Gasteiger partial charge in [-0.2, -0.15) is 5.10 Å². The lowest BCUT2D eigenvalue weighted by Crippen LogP contribution is -2.29. The molecule has 4 aromatic rings. The van der Waals surface area contributed by atoms with Crippen molar-refractivity contribution >= 4 is 23.5 Å². The van der Waals surface area contributed by atoms with Gasteiger partial charge in [0.05, 0.1) is 17.8 Å². The summed E-state index contributed by atoms with van der Waals surface area (Å²) in [6, 6.07) is 10.4. The molecule has 1 amide bonds. The molecule has 0 fully saturated rings. The van der Waals surface area contributed by atoms with Crippen LogP contribution < -0.4 is 11.1 Å². The molecule has 0 saturated carbocycles. The molecule has 5 rings (SSSR count). The van der Waals surface area contributed by atoms with Crippen LogP contribution in [0.3, 0.4) is 0 Å². The van der Waals surface area contributed by atoms with Crippen molar-refractivity contribution in [1.82, 2.24) is 19.9 Å². The van der Waals surface area contributed by atoms with Gasteiger partial charge in [-0.05, 0) is 81.0 Å². The van der Waals surface area contributed by atoms with Crippen molar-refractivity contribution in [3.8, 4) is 0 Å². The molecule has 42 heavy (non-hydrogen) atoms. The average Bonchev–Trinajstić information content (AvgIpc) is 3.51. The van der Waals surface area contributed by atoms with E-state index in [1.165, 1.54) is 12.1 Å². The predicted octanol–water partition coefficient (Wildman–Crippen LogP) is 4.53. The number of nitrogens with two attached hydrogens (primary N) is 1. The molecule has 0 spiro atoms. The summed E-state index contributed by atoms with van der Waals surface area (Å²) < 4.78 is 32.7. The molecule has 0 saturated heterocycles. The van der Waals surface area contributed by atoms with Crippen LogP contribution in [0.4, 0.5) is 8.78 Å². The Bertz CT molecular complexity index is 1680. The molecule has 1 aliphatic carbocycles. The highest BCUT2D eigenvalue weighted by atomic mass is 19.1. The zero-order valence-corrected chi connectivity index (χ0v) is 23.6. The van der Waals surface area contributed by atoms with E-state index in [0.717, 1.165) is 39.0 Å². The van der Waals surface area contributed by atoms with Gasteiger partial charge in [-0.15, -0.1) is 0 Å². The molecule has 4 N–H and O–H groups in total. The summed E-state index contributed by atoms with van der Waals surface area (Å²) >= 11 is 0. The minimum absolute atomic E-state index is 0.142. The number of aromatic nitrogens is 3. The first-order chi connectivity index (χ1) is 19.8. The van der Waals surface area contributed by atoms with E-state index in [0.29, 0.717) is 24.9 Å². The van der Waals surface area contributed by atoms with Crippen LogP contribution in [0.15, 0.2) is 48.7 Å². The third kappa shape index (κ3) is 6.60. The summed E-state index contributed by atoms with van der Waals surface area (Å²) in [6.07, 6.45) is 2.11. The average molecular weight is 580 g/mol. The topological polar surface area (TPSA) is 149 Å². The number of carboxylic acid groups (broad SMARTS) is 1. The zero-order chi connectivity index (χ0) is 30.8. The number of halogens is 2. The third-order valence-electron chi connectivity index (χ3n) is 6.62. The molecule has 0 aliphatic heterocycles. The molecule has 1 aliphatic rings. The van der Waals surface area contributed by atoms with E-state index in [4.69, 9.17) is 10.5 Å². The van der Waals surface area contributed by atoms with Crippen LogP contribution in [0.25, 0.3) is 5.65 Å². The second kappa shape index (κ2) is 12.0. The van der Waals surface area contributed by atoms with Crippen molar-refractivity contribution in [2.75, 3.05) is 0 Å². The quantitative estimate of drug-likeness (QED) is 0.292. The van der Waals surface area contributed by atoms with Crippen molar-refractivity contribution in [2.24, 2.45) is 5.73 Å². The van der Waals surface area contributed by atoms with Gasteiger partial charge in [0.15, 0.2) is 17.2 Å². The molecule has 12 heteroatoms. The monoisotopic (exact) mass is 579 g/mol. The molecule has 0 unspecified atom stereocenters. The van der Waals surface area contributed by atoms with Crippen LogP contribution in [-0.4, -0.2) is 43.2 Å². The van der Waals surface area contributed by atoms with Crippen LogP contribution >= 0.6 is 0 Å². The molecule has 0 radical (unpaired) electrons. The lowest BCUT2D eigenvalue weighted by molar-refractivity contribution is 0.00682. The molecule has 2 aromatic carbocycles. The van der Waals surface area contributed by atoms with E-state index in [1.807, 2.05) is 6.92 Å². The molecule has 2 aromatic heterocycles. The van der Waals surface area contributed by atoms with Crippen LogP contribution in [0.1, 0.15) is 86.8 Å². The van der Waals surface area contributed by atoms with Crippen molar-refractivity contribution < 1.29 is 33.0 Å². The number of nitrogens with one attached hydrogen (secondary N) is 1. The number of hydrogen-bond acceptors (Lipinski definition) is 7. The highest BCUT2D eigenvalue weighted by Crippen LogP contribution is 2.35. The van der Waals surface area contributed by atoms with Gasteiger partial charge in [-0.3, -0.25) is 4.79 Å². The normalized spacial score (nSPS) is 14.1. The Labute approximate surface area is 240 Å². The fourth-order valence-electron chi connectivity index (χ4n) is 4.69. The Kier molecular flexibility index (Phi) is 8.67. The van der Waals surface area contributed by atoms with Crippen LogP contribution in [0.2, 0.25) is 0 Å². The molecular formula is C30H31F2N5O5. The number of benzene rings is 2. The van der Waals surface area contributed by atoms with E-state index in [2.05, 4.69) is 15.4 Å². The number of rotatable bonds is 5. The lowest BCUT2D eigenvalue weighted by atomic mass is 9.97. The minimum atomic E-state index is -1.39. The van der Waals surface area contributed by atoms with E-state index in [1.54, 1.807) is 45.0 Å². The summed E-state index contributed by atoms with van der Waals surface area (Å²) in [7, 11) is 0. The van der Waals surface area contributed by atoms with Gasteiger partial charge in [0.1, 0.15) is 17.1 Å². The Hall–Kier alpha value is -4.71. The minimum Gasteiger partial charge on any atom is -0.477 e. The number of carbonyl (C=O) groups is 3. The van der Waals surface area contributed by atoms with Gasteiger partial charge in [0.25, 0.3) is 5.91 Å². The standard InChI is InChI=1S/C23H23FN4O5.C7H8FN/c1-11-12-7-8-16(14(12)6-5-13(11)22(32)33-23(2,3)4)27-20(29)18-9-17(21(30)31)26-19-15(24)10-25-28(18)19;8-7-3-1-2-6(4-7)5-9/h5-6,9-10,16H,7-8H2,1-4H3,(H,27,29)(H,30,31);1-4H,5,9H2/t16-;/m0./s1. The maximum Gasteiger partial charge on any atom is 0.354 e. The Morgan fingerprint density at radius 3 is 2.52 bits per heavy atom. The largest absolute Gasteiger partial charge is 0.477 e. The highest BCUT2D eigenvalue weighted by Gasteiger charge is 2.30. The van der Waals surface area contributed by atoms with Gasteiger partial charge in [-0.25, -0.2) is 27.9 Å². The van der Waals surface area contributed by atoms with E-state index in [9.17, 15) is 28.3 Å². The third-order valence-corrected chi connectivity index (χ3v) is 6.62. The van der Waals surface area contributed by atoms with Gasteiger partial charge in [-0.1, -0.05) is 18.2 Å². The summed E-state index contributed by atoms with van der Waals surface area (Å²) in [5.74, 6) is -3.46. The number of esters is 1. The summed E-state index contributed by atoms with van der Waals surface area (Å²) in [5.41, 5.74) is 7.62. The first-order valence-corrected chi connectivity index (χ1v) is 13.2. The smallest absolute Gasteiger partial charge is 0.354 e. The summed E-state index contributed by atoms with van der Waals surface area (Å²) in [6.45, 7) is 7.65. The first kappa shape index (κ1) is 30.3. The van der Waals surface area contributed by atoms with E-state index in [-0.39, 0.29) is 23.2 Å². The highest BCUT2D eigenvalue weighted by molar-refractivity contribution is 5.96. The van der Waals surface area contributed by atoms with Gasteiger partial charge >= 0.3 is 11.9 Å². The van der Waals surface area contributed by atoms with E-state index < -0.39 is 35.0 Å². The van der Waals surface area contributed by atoms with Crippen LogP contribution in [-0.2, 0) is 17.7 Å². The molecule has 0 bridgehead atoms. The number of nitrogens with zero attached hydrogens (tertiary/aromatic N) is 3. The number of carbonyl (C=O) groups excluding carboxylic acids is 2. The number of carboxylic acids is 1. The number of fused-ring (bicyclic) bond motifs is 2. The Balaban J connectivity index is 0.000000385. The van der Waals surface area contributed by atoms with Crippen molar-refractivity contribution in [3.05, 3.63) is 99.5 Å². The summed E-state index contributed by atoms with van der Waals surface area (Å²) in [5, 5.41) is 16.0. The number of hydrogen-bond donors (Lipinski definition) is 3.